The van der Waals surface area contributed by atoms with Crippen molar-refractivity contribution in [1.29, 1.82) is 0 Å². The number of nitrogens with zero attached hydrogens (tertiary/aromatic N) is 1. The topological polar surface area (TPSA) is 49.4 Å². The molecule has 2 aromatic rings. The molecule has 4 rings (SSSR count). The Balaban J connectivity index is 1.50. The summed E-state index contributed by atoms with van der Waals surface area (Å²) in [5.74, 6) is -1.30. The minimum absolute atomic E-state index is 0.0338. The smallest absolute Gasteiger partial charge is 0.251 e. The van der Waals surface area contributed by atoms with E-state index in [4.69, 9.17) is 0 Å². The van der Waals surface area contributed by atoms with E-state index in [1.165, 1.54) is 29.3 Å². The molecular weight excluding hydrogens is 307 g/mol. The number of benzene rings is 2. The van der Waals surface area contributed by atoms with Crippen LogP contribution in [0.3, 0.4) is 0 Å². The van der Waals surface area contributed by atoms with E-state index in [0.717, 1.165) is 17.7 Å². The molecule has 2 amide bonds. The molecule has 0 spiro atoms. The van der Waals surface area contributed by atoms with Crippen molar-refractivity contribution in [3.05, 3.63) is 65.5 Å². The number of rotatable bonds is 3. The van der Waals surface area contributed by atoms with Crippen molar-refractivity contribution >= 4 is 17.5 Å². The van der Waals surface area contributed by atoms with Gasteiger partial charge in [-0.25, -0.2) is 9.29 Å². The number of anilines is 1. The standard InChI is InChI=1S/C19H17FN2O2/c20-15-7-3-4-8-17(15)22-18(23)11-16(19(22)24)21-14-9-12-5-1-2-6-13(12)10-14/h1-8,14,16,21H,9-11H2/t16-/m1/s1. The first kappa shape index (κ1) is 15.0. The number of carbonyl (C=O) groups excluding carboxylic acids is 2. The molecule has 4 nitrogen and oxygen atoms in total. The molecule has 0 saturated carbocycles. The Hall–Kier alpha value is -2.53. The Kier molecular flexibility index (Phi) is 3.65. The molecule has 0 radical (unpaired) electrons. The fourth-order valence-electron chi connectivity index (χ4n) is 3.61. The van der Waals surface area contributed by atoms with Crippen LogP contribution in [0.5, 0.6) is 0 Å². The second-order valence-electron chi connectivity index (χ2n) is 6.32. The van der Waals surface area contributed by atoms with Crippen molar-refractivity contribution in [2.24, 2.45) is 0 Å². The van der Waals surface area contributed by atoms with Gasteiger partial charge in [0.05, 0.1) is 18.2 Å². The van der Waals surface area contributed by atoms with Gasteiger partial charge in [-0.15, -0.1) is 0 Å². The Bertz CT molecular complexity index is 796. The van der Waals surface area contributed by atoms with Gasteiger partial charge in [0, 0.05) is 6.04 Å². The second kappa shape index (κ2) is 5.83. The van der Waals surface area contributed by atoms with E-state index in [-0.39, 0.29) is 30.0 Å². The highest BCUT2D eigenvalue weighted by Gasteiger charge is 2.41. The number of fused-ring (bicyclic) bond motifs is 1. The fourth-order valence-corrected chi connectivity index (χ4v) is 3.61. The molecule has 1 aliphatic heterocycles. The average Bonchev–Trinajstić information content (AvgIpc) is 3.09. The first-order valence-corrected chi connectivity index (χ1v) is 8.07. The quantitative estimate of drug-likeness (QED) is 0.881. The zero-order valence-electron chi connectivity index (χ0n) is 13.0. The van der Waals surface area contributed by atoms with Crippen molar-refractivity contribution in [2.75, 3.05) is 4.90 Å². The lowest BCUT2D eigenvalue weighted by Gasteiger charge is -2.18. The first-order chi connectivity index (χ1) is 11.6. The van der Waals surface area contributed by atoms with Gasteiger partial charge >= 0.3 is 0 Å². The molecule has 1 fully saturated rings. The van der Waals surface area contributed by atoms with E-state index in [2.05, 4.69) is 17.4 Å². The number of halogens is 1. The van der Waals surface area contributed by atoms with Crippen molar-refractivity contribution < 1.29 is 14.0 Å². The van der Waals surface area contributed by atoms with Crippen molar-refractivity contribution in [2.45, 2.75) is 31.3 Å². The van der Waals surface area contributed by atoms with Gasteiger partial charge in [0.2, 0.25) is 5.91 Å². The summed E-state index contributed by atoms with van der Waals surface area (Å²) in [5, 5.41) is 3.29. The van der Waals surface area contributed by atoms with Crippen LogP contribution in [0.15, 0.2) is 48.5 Å². The maximum atomic E-state index is 13.9. The van der Waals surface area contributed by atoms with Crippen LogP contribution in [0.25, 0.3) is 0 Å². The van der Waals surface area contributed by atoms with E-state index in [1.54, 1.807) is 6.07 Å². The summed E-state index contributed by atoms with van der Waals surface area (Å²) in [6.07, 6.45) is 1.75. The summed E-state index contributed by atoms with van der Waals surface area (Å²) in [5.41, 5.74) is 2.59. The predicted molar refractivity (Wildman–Crippen MR) is 88.1 cm³/mol. The van der Waals surface area contributed by atoms with Crippen LogP contribution in [0, 0.1) is 5.82 Å². The van der Waals surface area contributed by atoms with E-state index < -0.39 is 11.9 Å². The molecular formula is C19H17FN2O2. The van der Waals surface area contributed by atoms with E-state index in [1.807, 2.05) is 12.1 Å². The summed E-state index contributed by atoms with van der Waals surface area (Å²) in [6.45, 7) is 0. The van der Waals surface area contributed by atoms with Crippen LogP contribution in [0.4, 0.5) is 10.1 Å². The van der Waals surface area contributed by atoms with Crippen LogP contribution in [0.1, 0.15) is 17.5 Å². The largest absolute Gasteiger partial charge is 0.302 e. The van der Waals surface area contributed by atoms with Crippen LogP contribution >= 0.6 is 0 Å². The first-order valence-electron chi connectivity index (χ1n) is 8.07. The predicted octanol–water partition coefficient (Wildman–Crippen LogP) is 2.21. The van der Waals surface area contributed by atoms with Crippen molar-refractivity contribution in [3.63, 3.8) is 0 Å². The molecule has 1 N–H and O–H groups in total. The molecule has 1 atom stereocenters. The molecule has 24 heavy (non-hydrogen) atoms. The van der Waals surface area contributed by atoms with Gasteiger partial charge in [-0.3, -0.25) is 9.59 Å². The zero-order valence-corrected chi connectivity index (χ0v) is 13.0. The van der Waals surface area contributed by atoms with Gasteiger partial charge in [0.15, 0.2) is 0 Å². The van der Waals surface area contributed by atoms with Crippen LogP contribution in [-0.4, -0.2) is 23.9 Å². The number of imide groups is 1. The van der Waals surface area contributed by atoms with Gasteiger partial charge in [-0.1, -0.05) is 36.4 Å². The number of nitrogens with one attached hydrogen (secondary N) is 1. The molecule has 2 aromatic carbocycles. The molecule has 0 aromatic heterocycles. The van der Waals surface area contributed by atoms with Gasteiger partial charge in [-0.05, 0) is 36.1 Å². The SMILES string of the molecule is O=C1C[C@@H](NC2Cc3ccccc3C2)C(=O)N1c1ccccc1F. The molecule has 1 aliphatic carbocycles. The van der Waals surface area contributed by atoms with E-state index in [9.17, 15) is 14.0 Å². The van der Waals surface area contributed by atoms with Crippen LogP contribution in [-0.2, 0) is 22.4 Å². The highest BCUT2D eigenvalue weighted by atomic mass is 19.1. The number of para-hydroxylation sites is 1. The van der Waals surface area contributed by atoms with Gasteiger partial charge in [0.25, 0.3) is 5.91 Å². The zero-order chi connectivity index (χ0) is 16.7. The summed E-state index contributed by atoms with van der Waals surface area (Å²) >= 11 is 0. The Morgan fingerprint density at radius 3 is 2.21 bits per heavy atom. The maximum Gasteiger partial charge on any atom is 0.251 e. The number of hydrogen-bond donors (Lipinski definition) is 1. The van der Waals surface area contributed by atoms with Gasteiger partial charge in [-0.2, -0.15) is 0 Å². The summed E-state index contributed by atoms with van der Waals surface area (Å²) in [7, 11) is 0. The fraction of sp³-hybridized carbons (Fsp3) is 0.263. The lowest BCUT2D eigenvalue weighted by Crippen LogP contribution is -2.44. The summed E-state index contributed by atoms with van der Waals surface area (Å²) in [6, 6.07) is 13.6. The van der Waals surface area contributed by atoms with Crippen LogP contribution in [0.2, 0.25) is 0 Å². The van der Waals surface area contributed by atoms with Gasteiger partial charge in [0.1, 0.15) is 5.82 Å². The normalized spacial score (nSPS) is 20.7. The molecule has 0 bridgehead atoms. The Labute approximate surface area is 139 Å². The monoisotopic (exact) mass is 324 g/mol. The maximum absolute atomic E-state index is 13.9. The van der Waals surface area contributed by atoms with Crippen molar-refractivity contribution in [3.8, 4) is 0 Å². The minimum Gasteiger partial charge on any atom is -0.302 e. The number of amides is 2. The molecule has 2 aliphatic rings. The Morgan fingerprint density at radius 1 is 0.917 bits per heavy atom. The number of hydrogen-bond acceptors (Lipinski definition) is 3. The average molecular weight is 324 g/mol. The second-order valence-corrected chi connectivity index (χ2v) is 6.32. The third-order valence-electron chi connectivity index (χ3n) is 4.73. The van der Waals surface area contributed by atoms with Gasteiger partial charge < -0.3 is 5.32 Å². The Morgan fingerprint density at radius 2 is 1.54 bits per heavy atom. The lowest BCUT2D eigenvalue weighted by atomic mass is 10.1. The lowest BCUT2D eigenvalue weighted by molar-refractivity contribution is -0.121. The third kappa shape index (κ3) is 2.51. The third-order valence-corrected chi connectivity index (χ3v) is 4.73. The molecule has 5 heteroatoms. The highest BCUT2D eigenvalue weighted by Crippen LogP contribution is 2.27. The number of carbonyl (C=O) groups is 2. The molecule has 1 heterocycles. The summed E-state index contributed by atoms with van der Waals surface area (Å²) < 4.78 is 13.9. The molecule has 0 unspecified atom stereocenters. The molecule has 122 valence electrons. The highest BCUT2D eigenvalue weighted by molar-refractivity contribution is 6.22. The minimum atomic E-state index is -0.587. The molecule has 1 saturated heterocycles. The van der Waals surface area contributed by atoms with Crippen LogP contribution < -0.4 is 10.2 Å². The van der Waals surface area contributed by atoms with Crippen molar-refractivity contribution in [1.82, 2.24) is 5.32 Å². The van der Waals surface area contributed by atoms with E-state index >= 15 is 0 Å². The summed E-state index contributed by atoms with van der Waals surface area (Å²) in [4.78, 5) is 25.8. The van der Waals surface area contributed by atoms with E-state index in [0.29, 0.717) is 0 Å².